The maximum absolute atomic E-state index is 11.2. The van der Waals surface area contributed by atoms with Crippen molar-refractivity contribution in [2.24, 2.45) is 5.92 Å². The normalized spacial score (nSPS) is 18.5. The van der Waals surface area contributed by atoms with E-state index < -0.39 is 5.66 Å². The summed E-state index contributed by atoms with van der Waals surface area (Å²) in [4.78, 5) is 14.6. The summed E-state index contributed by atoms with van der Waals surface area (Å²) >= 11 is 0. The summed E-state index contributed by atoms with van der Waals surface area (Å²) in [6.07, 6.45) is 2.16. The van der Waals surface area contributed by atoms with Gasteiger partial charge in [0.2, 0.25) is 5.91 Å². The predicted octanol–water partition coefficient (Wildman–Crippen LogP) is 1.56. The number of amides is 1. The summed E-state index contributed by atoms with van der Waals surface area (Å²) in [5.41, 5.74) is -0.508. The smallest absolute Gasteiger partial charge is 0.287 e. The van der Waals surface area contributed by atoms with E-state index in [2.05, 4.69) is 10.2 Å². The molecule has 1 N–H and O–H groups in total. The van der Waals surface area contributed by atoms with Crippen molar-refractivity contribution in [3.63, 3.8) is 0 Å². The minimum atomic E-state index is -0.508. The van der Waals surface area contributed by atoms with Crippen LogP contribution in [0.15, 0.2) is 0 Å². The van der Waals surface area contributed by atoms with Crippen LogP contribution in [0.1, 0.15) is 33.1 Å². The molecule has 1 fully saturated rings. The van der Waals surface area contributed by atoms with E-state index in [1.54, 1.807) is 0 Å². The third-order valence-electron chi connectivity index (χ3n) is 1.90. The Morgan fingerprint density at radius 1 is 1.67 bits per heavy atom. The summed E-state index contributed by atoms with van der Waals surface area (Å²) in [6.45, 7) is 10.8. The van der Waals surface area contributed by atoms with E-state index in [-0.39, 0.29) is 5.91 Å². The number of nitrogens with zero attached hydrogens (tertiary/aromatic N) is 1. The van der Waals surface area contributed by atoms with Gasteiger partial charge >= 0.3 is 5.66 Å². The maximum atomic E-state index is 11.2. The van der Waals surface area contributed by atoms with Gasteiger partial charge in [0.05, 0.1) is 12.8 Å². The third-order valence-corrected chi connectivity index (χ3v) is 1.90. The van der Waals surface area contributed by atoms with Crippen LogP contribution in [-0.4, -0.2) is 11.6 Å². The van der Waals surface area contributed by atoms with Gasteiger partial charge in [0.25, 0.3) is 0 Å². The number of rotatable bonds is 3. The first-order valence-electron chi connectivity index (χ1n) is 4.27. The van der Waals surface area contributed by atoms with Gasteiger partial charge in [-0.2, -0.15) is 0 Å². The second-order valence-electron chi connectivity index (χ2n) is 3.79. The molecule has 0 heterocycles. The Labute approximate surface area is 73.0 Å². The molecule has 0 atom stereocenters. The van der Waals surface area contributed by atoms with E-state index in [9.17, 15) is 4.79 Å². The summed E-state index contributed by atoms with van der Waals surface area (Å²) in [5.74, 6) is 0.380. The molecule has 3 heteroatoms. The zero-order valence-corrected chi connectivity index (χ0v) is 7.55. The van der Waals surface area contributed by atoms with Crippen molar-refractivity contribution >= 4 is 5.91 Å². The van der Waals surface area contributed by atoms with E-state index in [4.69, 9.17) is 6.57 Å². The molecule has 1 amide bonds. The van der Waals surface area contributed by atoms with Crippen LogP contribution in [0.5, 0.6) is 0 Å². The van der Waals surface area contributed by atoms with Crippen molar-refractivity contribution in [3.05, 3.63) is 11.4 Å². The summed E-state index contributed by atoms with van der Waals surface area (Å²) < 4.78 is 0. The van der Waals surface area contributed by atoms with Crippen molar-refractivity contribution < 1.29 is 4.79 Å². The van der Waals surface area contributed by atoms with Crippen LogP contribution in [0.2, 0.25) is 0 Å². The molecule has 0 aromatic rings. The van der Waals surface area contributed by atoms with Gasteiger partial charge in [-0.1, -0.05) is 13.8 Å². The average molecular weight is 166 g/mol. The highest BCUT2D eigenvalue weighted by molar-refractivity contribution is 5.77. The summed E-state index contributed by atoms with van der Waals surface area (Å²) in [7, 11) is 0. The van der Waals surface area contributed by atoms with Crippen molar-refractivity contribution in [1.82, 2.24) is 5.32 Å². The van der Waals surface area contributed by atoms with Crippen molar-refractivity contribution in [2.45, 2.75) is 38.8 Å². The molecule has 0 bridgehead atoms. The zero-order chi connectivity index (χ0) is 9.19. The predicted molar refractivity (Wildman–Crippen MR) is 46.2 cm³/mol. The molecule has 1 aliphatic carbocycles. The molecule has 0 aromatic heterocycles. The second-order valence-corrected chi connectivity index (χ2v) is 3.79. The van der Waals surface area contributed by atoms with Crippen LogP contribution >= 0.6 is 0 Å². The first kappa shape index (κ1) is 9.05. The van der Waals surface area contributed by atoms with E-state index in [1.807, 2.05) is 13.8 Å². The lowest BCUT2D eigenvalue weighted by molar-refractivity contribution is -0.122. The quantitative estimate of drug-likeness (QED) is 0.634. The Hall–Kier alpha value is -1.04. The Balaban J connectivity index is 2.33. The highest BCUT2D eigenvalue weighted by atomic mass is 16.1. The van der Waals surface area contributed by atoms with Gasteiger partial charge in [-0.25, -0.2) is 6.57 Å². The topological polar surface area (TPSA) is 33.5 Å². The molecule has 1 saturated carbocycles. The lowest BCUT2D eigenvalue weighted by atomic mass is 10.1. The van der Waals surface area contributed by atoms with Gasteiger partial charge < -0.3 is 0 Å². The molecule has 66 valence electrons. The number of carbonyl (C=O) groups excluding carboxylic acids is 1. The first-order valence-corrected chi connectivity index (χ1v) is 4.27. The minimum absolute atomic E-state index is 0.0125. The Kier molecular flexibility index (Phi) is 2.37. The molecule has 0 radical (unpaired) electrons. The molecule has 0 spiro atoms. The van der Waals surface area contributed by atoms with Gasteiger partial charge in [0.15, 0.2) is 0 Å². The fraction of sp³-hybridized carbons (Fsp3) is 0.778. The molecule has 0 aromatic carbocycles. The molecule has 0 unspecified atom stereocenters. The van der Waals surface area contributed by atoms with Crippen molar-refractivity contribution in [3.8, 4) is 0 Å². The number of hydrogen-bond donors (Lipinski definition) is 1. The lowest BCUT2D eigenvalue weighted by Crippen LogP contribution is -2.34. The van der Waals surface area contributed by atoms with E-state index in [0.29, 0.717) is 12.3 Å². The molecule has 3 nitrogen and oxygen atoms in total. The number of carbonyl (C=O) groups is 1. The molecule has 12 heavy (non-hydrogen) atoms. The fourth-order valence-corrected chi connectivity index (χ4v) is 1.06. The highest BCUT2D eigenvalue weighted by Crippen LogP contribution is 2.36. The van der Waals surface area contributed by atoms with E-state index in [1.165, 1.54) is 0 Å². The minimum Gasteiger partial charge on any atom is -0.287 e. The van der Waals surface area contributed by atoms with Gasteiger partial charge in [-0.15, -0.1) is 0 Å². The Morgan fingerprint density at radius 2 is 2.25 bits per heavy atom. The first-order chi connectivity index (χ1) is 5.58. The number of hydrogen-bond acceptors (Lipinski definition) is 1. The van der Waals surface area contributed by atoms with E-state index >= 15 is 0 Å². The van der Waals surface area contributed by atoms with Crippen molar-refractivity contribution in [1.29, 1.82) is 0 Å². The van der Waals surface area contributed by atoms with Crippen LogP contribution < -0.4 is 5.32 Å². The van der Waals surface area contributed by atoms with E-state index in [0.717, 1.165) is 12.8 Å². The third kappa shape index (κ3) is 2.23. The Bertz CT molecular complexity index is 223. The summed E-state index contributed by atoms with van der Waals surface area (Å²) in [6, 6.07) is 0. The molecule has 1 rings (SSSR count). The molecule has 0 aliphatic heterocycles. The SMILES string of the molecule is [C-]#[N+]C1(NC(=O)CC(C)C)CC1. The molecule has 1 aliphatic rings. The monoisotopic (exact) mass is 166 g/mol. The zero-order valence-electron chi connectivity index (χ0n) is 7.55. The largest absolute Gasteiger partial charge is 0.308 e. The lowest BCUT2D eigenvalue weighted by Gasteiger charge is -2.07. The van der Waals surface area contributed by atoms with Gasteiger partial charge in [-0.3, -0.25) is 15.0 Å². The average Bonchev–Trinajstić information content (AvgIpc) is 2.67. The van der Waals surface area contributed by atoms with Crippen molar-refractivity contribution in [2.75, 3.05) is 0 Å². The second kappa shape index (κ2) is 3.14. The maximum Gasteiger partial charge on any atom is 0.308 e. The highest BCUT2D eigenvalue weighted by Gasteiger charge is 2.52. The fourth-order valence-electron chi connectivity index (χ4n) is 1.06. The van der Waals surface area contributed by atoms with Crippen LogP contribution in [0, 0.1) is 12.5 Å². The standard InChI is InChI=1S/C9H14N2O/c1-7(2)6-8(12)11-9(10-3)4-5-9/h7H,4-6H2,1-2H3,(H,11,12). The van der Waals surface area contributed by atoms with Gasteiger partial charge in [0, 0.05) is 6.42 Å². The molecular formula is C9H14N2O. The van der Waals surface area contributed by atoms with Crippen LogP contribution in [0.25, 0.3) is 4.85 Å². The Morgan fingerprint density at radius 3 is 2.58 bits per heavy atom. The summed E-state index contributed by atoms with van der Waals surface area (Å²) in [5, 5.41) is 2.76. The van der Waals surface area contributed by atoms with Crippen LogP contribution in [0.3, 0.4) is 0 Å². The van der Waals surface area contributed by atoms with Gasteiger partial charge in [-0.05, 0) is 5.92 Å². The number of nitrogens with one attached hydrogen (secondary N) is 1. The van der Waals surface area contributed by atoms with Gasteiger partial charge in [0.1, 0.15) is 0 Å². The molecule has 0 saturated heterocycles. The van der Waals surface area contributed by atoms with Crippen LogP contribution in [-0.2, 0) is 4.79 Å². The molecular weight excluding hydrogens is 152 g/mol. The van der Waals surface area contributed by atoms with Crippen LogP contribution in [0.4, 0.5) is 0 Å².